The van der Waals surface area contributed by atoms with Gasteiger partial charge in [-0.25, -0.2) is 19.7 Å². The maximum absolute atomic E-state index is 12.3. The van der Waals surface area contributed by atoms with Crippen LogP contribution in [0, 0.1) is 5.92 Å². The van der Waals surface area contributed by atoms with E-state index < -0.39 is 12.1 Å². The minimum absolute atomic E-state index is 0.241. The van der Waals surface area contributed by atoms with E-state index in [2.05, 4.69) is 30.3 Å². The van der Waals surface area contributed by atoms with Crippen LogP contribution in [0.2, 0.25) is 0 Å². The zero-order valence-electron chi connectivity index (χ0n) is 14.5. The van der Waals surface area contributed by atoms with Gasteiger partial charge in [0.05, 0.1) is 13.4 Å². The number of fused-ring (bicyclic) bond motifs is 1. The van der Waals surface area contributed by atoms with Gasteiger partial charge in [0, 0.05) is 13.1 Å². The second-order valence-electron chi connectivity index (χ2n) is 5.98. The van der Waals surface area contributed by atoms with E-state index in [1.165, 1.54) is 13.4 Å². The summed E-state index contributed by atoms with van der Waals surface area (Å²) in [5.41, 5.74) is 6.87. The number of nitrogen functional groups attached to an aromatic ring is 1. The van der Waals surface area contributed by atoms with Crippen molar-refractivity contribution >= 4 is 29.0 Å². The molecule has 2 rings (SSSR count). The fourth-order valence-electron chi connectivity index (χ4n) is 2.39. The average Bonchev–Trinajstić information content (AvgIpc) is 2.98. The molecule has 10 nitrogen and oxygen atoms in total. The Morgan fingerprint density at radius 2 is 2.08 bits per heavy atom. The molecule has 2 amide bonds. The largest absolute Gasteiger partial charge is 0.453 e. The number of nitrogens with zero attached hydrogens (tertiary/aromatic N) is 4. The third kappa shape index (κ3) is 4.78. The number of alkyl carbamates (subject to hydrolysis) is 1. The molecule has 136 valence electrons. The topological polar surface area (TPSA) is 137 Å². The zero-order chi connectivity index (χ0) is 18.4. The van der Waals surface area contributed by atoms with Gasteiger partial charge in [0.2, 0.25) is 5.91 Å². The predicted molar refractivity (Wildman–Crippen MR) is 91.5 cm³/mol. The van der Waals surface area contributed by atoms with Gasteiger partial charge in [-0.1, -0.05) is 13.8 Å². The molecule has 2 heterocycles. The Morgan fingerprint density at radius 1 is 1.32 bits per heavy atom. The van der Waals surface area contributed by atoms with Crippen molar-refractivity contribution in [3.05, 3.63) is 12.7 Å². The molecule has 1 atom stereocenters. The number of ether oxygens (including phenoxy) is 1. The van der Waals surface area contributed by atoms with Crippen LogP contribution in [0.5, 0.6) is 0 Å². The number of nitrogens with one attached hydrogen (secondary N) is 2. The number of methoxy groups -OCH3 is 1. The van der Waals surface area contributed by atoms with E-state index >= 15 is 0 Å². The Balaban J connectivity index is 1.95. The maximum Gasteiger partial charge on any atom is 0.407 e. The minimum Gasteiger partial charge on any atom is -0.453 e. The number of amides is 2. The van der Waals surface area contributed by atoms with E-state index in [0.717, 1.165) is 0 Å². The van der Waals surface area contributed by atoms with Crippen LogP contribution in [0.4, 0.5) is 10.6 Å². The summed E-state index contributed by atoms with van der Waals surface area (Å²) in [6, 6.07) is -0.648. The fraction of sp³-hybridized carbons (Fsp3) is 0.533. The Morgan fingerprint density at radius 3 is 2.76 bits per heavy atom. The first-order valence-electron chi connectivity index (χ1n) is 7.95. The van der Waals surface area contributed by atoms with Crippen molar-refractivity contribution in [2.45, 2.75) is 32.9 Å². The van der Waals surface area contributed by atoms with Gasteiger partial charge < -0.3 is 25.7 Å². The Kier molecular flexibility index (Phi) is 6.09. The third-order valence-corrected chi connectivity index (χ3v) is 3.58. The molecule has 0 spiro atoms. The summed E-state index contributed by atoms with van der Waals surface area (Å²) in [7, 11) is 1.26. The molecule has 1 unspecified atom stereocenters. The van der Waals surface area contributed by atoms with Gasteiger partial charge in [-0.05, 0) is 12.3 Å². The van der Waals surface area contributed by atoms with E-state index in [9.17, 15) is 9.59 Å². The molecule has 0 saturated carbocycles. The first-order valence-corrected chi connectivity index (χ1v) is 7.95. The number of imidazole rings is 1. The second-order valence-corrected chi connectivity index (χ2v) is 5.98. The molecule has 4 N–H and O–H groups in total. The molecule has 2 aromatic heterocycles. The Labute approximate surface area is 145 Å². The molecule has 0 fully saturated rings. The normalized spacial score (nSPS) is 12.2. The Bertz CT molecular complexity index is 744. The standard InChI is InChI=1S/C15H23N7O3/c1-9(2)6-10(21-15(24)25-3)14(23)17-4-5-22-8-20-11-12(16)18-7-19-13(11)22/h7-10H,4-6H2,1-3H3,(H,17,23)(H,21,24)(H2,16,18,19). The molecule has 0 aliphatic heterocycles. The van der Waals surface area contributed by atoms with Crippen LogP contribution in [0.25, 0.3) is 11.2 Å². The van der Waals surface area contributed by atoms with Gasteiger partial charge in [0.15, 0.2) is 11.5 Å². The molecule has 0 aliphatic carbocycles. The van der Waals surface area contributed by atoms with Crippen molar-refractivity contribution in [3.63, 3.8) is 0 Å². The highest BCUT2D eigenvalue weighted by Gasteiger charge is 2.22. The lowest BCUT2D eigenvalue weighted by Crippen LogP contribution is -2.48. The highest BCUT2D eigenvalue weighted by molar-refractivity contribution is 5.85. The van der Waals surface area contributed by atoms with Crippen molar-refractivity contribution in [3.8, 4) is 0 Å². The van der Waals surface area contributed by atoms with Crippen molar-refractivity contribution < 1.29 is 14.3 Å². The van der Waals surface area contributed by atoms with E-state index in [-0.39, 0.29) is 11.8 Å². The number of anilines is 1. The lowest BCUT2D eigenvalue weighted by Gasteiger charge is -2.19. The van der Waals surface area contributed by atoms with Crippen molar-refractivity contribution in [2.24, 2.45) is 5.92 Å². The summed E-state index contributed by atoms with van der Waals surface area (Å²) in [5, 5.41) is 5.35. The maximum atomic E-state index is 12.3. The van der Waals surface area contributed by atoms with Gasteiger partial charge in [-0.15, -0.1) is 0 Å². The number of hydrogen-bond acceptors (Lipinski definition) is 7. The van der Waals surface area contributed by atoms with Gasteiger partial charge in [0.1, 0.15) is 17.9 Å². The number of carbonyl (C=O) groups excluding carboxylic acids is 2. The average molecular weight is 349 g/mol. The third-order valence-electron chi connectivity index (χ3n) is 3.58. The van der Waals surface area contributed by atoms with Crippen LogP contribution in [0.1, 0.15) is 20.3 Å². The number of nitrogens with two attached hydrogens (primary N) is 1. The van der Waals surface area contributed by atoms with Crippen LogP contribution in [0.15, 0.2) is 12.7 Å². The predicted octanol–water partition coefficient (Wildman–Crippen LogP) is 0.295. The molecule has 2 aromatic rings. The number of hydrogen-bond donors (Lipinski definition) is 3. The summed E-state index contributed by atoms with van der Waals surface area (Å²) < 4.78 is 6.34. The van der Waals surface area contributed by atoms with Crippen LogP contribution < -0.4 is 16.4 Å². The van der Waals surface area contributed by atoms with Gasteiger partial charge in [-0.2, -0.15) is 0 Å². The summed E-state index contributed by atoms with van der Waals surface area (Å²) in [5.74, 6) is 0.287. The molecule has 0 aromatic carbocycles. The molecule has 10 heteroatoms. The molecular weight excluding hydrogens is 326 g/mol. The van der Waals surface area contributed by atoms with E-state index in [1.54, 1.807) is 10.9 Å². The lowest BCUT2D eigenvalue weighted by atomic mass is 10.0. The smallest absolute Gasteiger partial charge is 0.407 e. The van der Waals surface area contributed by atoms with Gasteiger partial charge in [-0.3, -0.25) is 4.79 Å². The molecule has 0 aliphatic rings. The van der Waals surface area contributed by atoms with Gasteiger partial charge in [0.25, 0.3) is 0 Å². The van der Waals surface area contributed by atoms with Crippen LogP contribution in [0.3, 0.4) is 0 Å². The quantitative estimate of drug-likeness (QED) is 0.653. The highest BCUT2D eigenvalue weighted by Crippen LogP contribution is 2.13. The van der Waals surface area contributed by atoms with Crippen LogP contribution in [-0.4, -0.2) is 51.2 Å². The first kappa shape index (κ1) is 18.4. The molecule has 25 heavy (non-hydrogen) atoms. The monoisotopic (exact) mass is 349 g/mol. The molecule has 0 saturated heterocycles. The SMILES string of the molecule is COC(=O)NC(CC(C)C)C(=O)NCCn1cnc2c(N)ncnc21. The molecular formula is C15H23N7O3. The lowest BCUT2D eigenvalue weighted by molar-refractivity contribution is -0.123. The van der Waals surface area contributed by atoms with Crippen LogP contribution in [-0.2, 0) is 16.1 Å². The second kappa shape index (κ2) is 8.27. The summed E-state index contributed by atoms with van der Waals surface area (Å²) in [6.45, 7) is 4.76. The van der Waals surface area contributed by atoms with Crippen LogP contribution >= 0.6 is 0 Å². The van der Waals surface area contributed by atoms with E-state index in [4.69, 9.17) is 5.73 Å². The molecule has 0 radical (unpaired) electrons. The molecule has 0 bridgehead atoms. The van der Waals surface area contributed by atoms with Crippen molar-refractivity contribution in [2.75, 3.05) is 19.4 Å². The van der Waals surface area contributed by atoms with Crippen molar-refractivity contribution in [1.82, 2.24) is 30.2 Å². The van der Waals surface area contributed by atoms with E-state index in [1.807, 2.05) is 13.8 Å². The summed E-state index contributed by atoms with van der Waals surface area (Å²) in [4.78, 5) is 35.9. The fourth-order valence-corrected chi connectivity index (χ4v) is 2.39. The summed E-state index contributed by atoms with van der Waals surface area (Å²) >= 11 is 0. The van der Waals surface area contributed by atoms with Crippen molar-refractivity contribution in [1.29, 1.82) is 0 Å². The zero-order valence-corrected chi connectivity index (χ0v) is 14.5. The number of aromatic nitrogens is 4. The number of carbonyl (C=O) groups is 2. The Hall–Kier alpha value is -2.91. The number of rotatable bonds is 7. The summed E-state index contributed by atoms with van der Waals surface area (Å²) in [6.07, 6.45) is 2.85. The first-order chi connectivity index (χ1) is 11.9. The highest BCUT2D eigenvalue weighted by atomic mass is 16.5. The van der Waals surface area contributed by atoms with Gasteiger partial charge >= 0.3 is 6.09 Å². The van der Waals surface area contributed by atoms with E-state index in [0.29, 0.717) is 36.5 Å². The minimum atomic E-state index is -0.648.